The number of hydrogen-bond acceptors (Lipinski definition) is 7. The molecule has 1 aliphatic rings. The van der Waals surface area contributed by atoms with Gasteiger partial charge in [-0.25, -0.2) is 4.98 Å². The summed E-state index contributed by atoms with van der Waals surface area (Å²) in [6, 6.07) is -0.370. The summed E-state index contributed by atoms with van der Waals surface area (Å²) in [5.41, 5.74) is 0. The van der Waals surface area contributed by atoms with Gasteiger partial charge in [0.1, 0.15) is 18.7 Å². The van der Waals surface area contributed by atoms with Crippen molar-refractivity contribution in [2.45, 2.75) is 18.9 Å². The average molecular weight is 295 g/mol. The Balaban J connectivity index is 1.84. The van der Waals surface area contributed by atoms with Crippen LogP contribution in [0, 0.1) is 0 Å². The van der Waals surface area contributed by atoms with E-state index in [-0.39, 0.29) is 29.1 Å². The van der Waals surface area contributed by atoms with Crippen molar-refractivity contribution in [1.29, 1.82) is 0 Å². The van der Waals surface area contributed by atoms with Gasteiger partial charge in [-0.1, -0.05) is 0 Å². The Morgan fingerprint density at radius 2 is 2.30 bits per heavy atom. The van der Waals surface area contributed by atoms with E-state index in [1.54, 1.807) is 0 Å². The van der Waals surface area contributed by atoms with Crippen molar-refractivity contribution < 1.29 is 4.79 Å². The Labute approximate surface area is 118 Å². The summed E-state index contributed by atoms with van der Waals surface area (Å²) in [5, 5.41) is 9.66. The maximum atomic E-state index is 11.7. The van der Waals surface area contributed by atoms with E-state index in [9.17, 15) is 4.79 Å². The molecule has 1 saturated heterocycles. The van der Waals surface area contributed by atoms with Crippen LogP contribution in [0.3, 0.4) is 0 Å². The molecule has 1 atom stereocenters. The molecule has 3 rings (SSSR count). The fraction of sp³-hybridized carbons (Fsp3) is 0.400. The summed E-state index contributed by atoms with van der Waals surface area (Å²) in [4.78, 5) is 27.6. The summed E-state index contributed by atoms with van der Waals surface area (Å²) in [6.07, 6.45) is 4.42. The van der Waals surface area contributed by atoms with Crippen LogP contribution < -0.4 is 10.6 Å². The average Bonchev–Trinajstić information content (AvgIpc) is 2.95. The second-order valence-electron chi connectivity index (χ2n) is 4.20. The number of aromatic nitrogens is 6. The molecule has 0 saturated carbocycles. The summed E-state index contributed by atoms with van der Waals surface area (Å²) in [6.45, 7) is 0.694. The van der Waals surface area contributed by atoms with E-state index >= 15 is 0 Å². The van der Waals surface area contributed by atoms with Gasteiger partial charge in [-0.2, -0.15) is 24.7 Å². The summed E-state index contributed by atoms with van der Waals surface area (Å²) < 4.78 is 1.36. The Hall–Kier alpha value is -2.29. The highest BCUT2D eigenvalue weighted by molar-refractivity contribution is 6.28. The van der Waals surface area contributed by atoms with Gasteiger partial charge in [0.25, 0.3) is 5.95 Å². The molecule has 0 aromatic carbocycles. The molecule has 10 heteroatoms. The highest BCUT2D eigenvalue weighted by Gasteiger charge is 2.23. The molecule has 1 fully saturated rings. The number of carbonyl (C=O) groups excluding carboxylic acids is 1. The minimum Gasteiger partial charge on any atom is -0.354 e. The van der Waals surface area contributed by atoms with Crippen LogP contribution >= 0.6 is 11.6 Å². The van der Waals surface area contributed by atoms with Gasteiger partial charge in [-0.05, 0) is 24.4 Å². The first-order chi connectivity index (χ1) is 9.72. The van der Waals surface area contributed by atoms with Crippen LogP contribution in [0.1, 0.15) is 12.8 Å². The smallest absolute Gasteiger partial charge is 0.258 e. The lowest BCUT2D eigenvalue weighted by Gasteiger charge is -2.22. The second-order valence-corrected chi connectivity index (χ2v) is 4.54. The van der Waals surface area contributed by atoms with Crippen molar-refractivity contribution in [3.8, 4) is 5.95 Å². The van der Waals surface area contributed by atoms with E-state index in [1.807, 2.05) is 0 Å². The molecule has 0 bridgehead atoms. The van der Waals surface area contributed by atoms with Gasteiger partial charge in [-0.15, -0.1) is 0 Å². The lowest BCUT2D eigenvalue weighted by molar-refractivity contribution is -0.123. The highest BCUT2D eigenvalue weighted by Crippen LogP contribution is 2.12. The standard InChI is InChI=1S/C10H11ClN8O/c11-8-16-9(15-6-2-1-3-13-7(6)20)18-10(17-8)19-5-12-4-14-19/h4-6H,1-3H2,(H,13,20)(H,15,16,17,18). The van der Waals surface area contributed by atoms with Gasteiger partial charge < -0.3 is 10.6 Å². The molecule has 1 amide bonds. The van der Waals surface area contributed by atoms with Gasteiger partial charge >= 0.3 is 0 Å². The molecule has 2 aromatic heterocycles. The molecule has 9 nitrogen and oxygen atoms in total. The van der Waals surface area contributed by atoms with Crippen molar-refractivity contribution in [2.75, 3.05) is 11.9 Å². The van der Waals surface area contributed by atoms with Gasteiger partial charge in [0.2, 0.25) is 17.1 Å². The monoisotopic (exact) mass is 294 g/mol. The molecule has 2 aromatic rings. The third kappa shape index (κ3) is 2.67. The maximum Gasteiger partial charge on any atom is 0.258 e. The van der Waals surface area contributed by atoms with Crippen molar-refractivity contribution in [2.24, 2.45) is 0 Å². The van der Waals surface area contributed by atoms with Crippen LogP contribution in [0.15, 0.2) is 12.7 Å². The second kappa shape index (κ2) is 5.37. The summed E-state index contributed by atoms with van der Waals surface area (Å²) >= 11 is 5.86. The molecular weight excluding hydrogens is 284 g/mol. The molecule has 0 spiro atoms. The molecule has 1 aliphatic heterocycles. The van der Waals surface area contributed by atoms with Gasteiger partial charge in [-0.3, -0.25) is 4.79 Å². The Bertz CT molecular complexity index is 616. The molecule has 20 heavy (non-hydrogen) atoms. The van der Waals surface area contributed by atoms with Crippen LogP contribution in [0.2, 0.25) is 5.28 Å². The van der Waals surface area contributed by atoms with Crippen LogP contribution in [0.4, 0.5) is 5.95 Å². The molecule has 104 valence electrons. The zero-order valence-electron chi connectivity index (χ0n) is 10.3. The summed E-state index contributed by atoms with van der Waals surface area (Å²) in [5.74, 6) is 0.397. The van der Waals surface area contributed by atoms with Crippen LogP contribution in [0.25, 0.3) is 5.95 Å². The van der Waals surface area contributed by atoms with Crippen molar-refractivity contribution in [1.82, 2.24) is 35.0 Å². The minimum absolute atomic E-state index is 0.0178. The molecule has 1 unspecified atom stereocenters. The first-order valence-corrected chi connectivity index (χ1v) is 6.41. The maximum absolute atomic E-state index is 11.7. The number of anilines is 1. The third-order valence-electron chi connectivity index (χ3n) is 2.81. The normalized spacial score (nSPS) is 18.6. The van der Waals surface area contributed by atoms with Crippen LogP contribution in [-0.4, -0.2) is 48.2 Å². The van der Waals surface area contributed by atoms with Crippen molar-refractivity contribution in [3.05, 3.63) is 17.9 Å². The Morgan fingerprint density at radius 3 is 3.05 bits per heavy atom. The van der Waals surface area contributed by atoms with E-state index in [0.29, 0.717) is 13.0 Å². The number of nitrogens with one attached hydrogen (secondary N) is 2. The van der Waals surface area contributed by atoms with E-state index in [2.05, 4.69) is 35.7 Å². The number of hydrogen-bond donors (Lipinski definition) is 2. The summed E-state index contributed by atoms with van der Waals surface area (Å²) in [7, 11) is 0. The lowest BCUT2D eigenvalue weighted by atomic mass is 10.1. The zero-order valence-corrected chi connectivity index (χ0v) is 11.1. The number of carbonyl (C=O) groups is 1. The van der Waals surface area contributed by atoms with E-state index in [1.165, 1.54) is 17.3 Å². The quantitative estimate of drug-likeness (QED) is 0.806. The van der Waals surface area contributed by atoms with E-state index in [4.69, 9.17) is 11.6 Å². The molecule has 0 aliphatic carbocycles. The number of amides is 1. The fourth-order valence-electron chi connectivity index (χ4n) is 1.88. The number of halogens is 1. The van der Waals surface area contributed by atoms with Crippen LogP contribution in [-0.2, 0) is 4.79 Å². The number of nitrogens with zero attached hydrogens (tertiary/aromatic N) is 6. The third-order valence-corrected chi connectivity index (χ3v) is 2.98. The first kappa shape index (κ1) is 12.7. The molecule has 2 N–H and O–H groups in total. The van der Waals surface area contributed by atoms with Gasteiger partial charge in [0.15, 0.2) is 0 Å². The largest absolute Gasteiger partial charge is 0.354 e. The van der Waals surface area contributed by atoms with E-state index < -0.39 is 0 Å². The van der Waals surface area contributed by atoms with Crippen molar-refractivity contribution >= 4 is 23.5 Å². The number of rotatable bonds is 3. The predicted molar refractivity (Wildman–Crippen MR) is 69.4 cm³/mol. The molecule has 3 heterocycles. The van der Waals surface area contributed by atoms with Crippen LogP contribution in [0.5, 0.6) is 0 Å². The molecular formula is C10H11ClN8O. The van der Waals surface area contributed by atoms with Gasteiger partial charge in [0.05, 0.1) is 0 Å². The van der Waals surface area contributed by atoms with Crippen molar-refractivity contribution in [3.63, 3.8) is 0 Å². The predicted octanol–water partition coefficient (Wildman–Crippen LogP) is -0.204. The Morgan fingerprint density at radius 1 is 1.40 bits per heavy atom. The highest BCUT2D eigenvalue weighted by atomic mass is 35.5. The topological polar surface area (TPSA) is 111 Å². The van der Waals surface area contributed by atoms with E-state index in [0.717, 1.165) is 6.42 Å². The lowest BCUT2D eigenvalue weighted by Crippen LogP contribution is -2.44. The fourth-order valence-corrected chi connectivity index (χ4v) is 2.04. The molecule has 0 radical (unpaired) electrons. The first-order valence-electron chi connectivity index (χ1n) is 6.03. The van der Waals surface area contributed by atoms with Gasteiger partial charge in [0, 0.05) is 6.54 Å². The minimum atomic E-state index is -0.370. The zero-order chi connectivity index (χ0) is 13.9. The Kier molecular flexibility index (Phi) is 3.42. The SMILES string of the molecule is O=C1NCCCC1Nc1nc(Cl)nc(-n2cncn2)n1. The number of piperidine rings is 1.